The average Bonchev–Trinajstić information content (AvgIpc) is 3.50. The van der Waals surface area contributed by atoms with E-state index >= 15 is 0 Å². The van der Waals surface area contributed by atoms with E-state index in [1.807, 2.05) is 91.3 Å². The maximum atomic E-state index is 12.3. The maximum Gasteiger partial charge on any atom is 0.337 e. The molecule has 8 heteroatoms. The van der Waals surface area contributed by atoms with Gasteiger partial charge in [0.15, 0.2) is 0 Å². The van der Waals surface area contributed by atoms with Gasteiger partial charge in [-0.25, -0.2) is 9.48 Å². The minimum Gasteiger partial charge on any atom is -0.490 e. The number of fused-ring (bicyclic) bond motifs is 1. The van der Waals surface area contributed by atoms with Crippen LogP contribution in [0, 0.1) is 11.3 Å². The number of carbonyl (C=O) groups is 1. The van der Waals surface area contributed by atoms with Crippen molar-refractivity contribution in [3.05, 3.63) is 115 Å². The molecule has 0 spiro atoms. The number of nitriles is 1. The smallest absolute Gasteiger partial charge is 0.337 e. The Morgan fingerprint density at radius 2 is 1.53 bits per heavy atom. The molecule has 0 aliphatic heterocycles. The molecule has 0 unspecified atom stereocenters. The number of hydrogen-bond donors (Lipinski definition) is 0. The molecule has 4 aromatic carbocycles. The molecule has 2 aromatic heterocycles. The highest BCUT2D eigenvalue weighted by Crippen LogP contribution is 2.33. The van der Waals surface area contributed by atoms with Crippen LogP contribution in [0.3, 0.4) is 0 Å². The van der Waals surface area contributed by atoms with E-state index in [2.05, 4.69) is 16.0 Å². The molecule has 0 bridgehead atoms. The van der Waals surface area contributed by atoms with E-state index in [1.54, 1.807) is 30.6 Å². The third-order valence-corrected chi connectivity index (χ3v) is 6.96. The highest BCUT2D eigenvalue weighted by molar-refractivity contribution is 5.90. The highest BCUT2D eigenvalue weighted by Gasteiger charge is 2.16. The Labute approximate surface area is 248 Å². The average molecular weight is 566 g/mol. The summed E-state index contributed by atoms with van der Waals surface area (Å²) in [6.45, 7) is 3.87. The van der Waals surface area contributed by atoms with E-state index in [4.69, 9.17) is 14.6 Å². The Bertz CT molecular complexity index is 2010. The minimum absolute atomic E-state index is 0.0209. The van der Waals surface area contributed by atoms with Gasteiger partial charge in [0.05, 0.1) is 52.4 Å². The number of ether oxygens (including phenoxy) is 2. The van der Waals surface area contributed by atoms with Crippen molar-refractivity contribution in [2.24, 2.45) is 0 Å². The minimum atomic E-state index is -0.421. The van der Waals surface area contributed by atoms with E-state index in [-0.39, 0.29) is 6.10 Å². The molecule has 43 heavy (non-hydrogen) atoms. The molecule has 2 heterocycles. The molecule has 0 amide bonds. The number of methoxy groups -OCH3 is 1. The van der Waals surface area contributed by atoms with E-state index in [9.17, 15) is 10.1 Å². The standard InChI is InChI=1S/C35H27N5O3/c1-22(2)43-34-14-12-25(17-28(34)21-36)23-7-9-24(10-8-23)31-20-33(26-11-13-30-32(19-26)38-16-15-37-30)40(39-31)29-6-4-5-27(18-29)35(41)42-3/h4-20,22H,1-3H3. The SMILES string of the molecule is COC(=O)c1cccc(-n2nc(-c3ccc(-c4ccc(OC(C)C)c(C#N)c4)cc3)cc2-c2ccc3nccnc3c2)c1. The molecule has 8 nitrogen and oxygen atoms in total. The third kappa shape index (κ3) is 5.56. The summed E-state index contributed by atoms with van der Waals surface area (Å²) >= 11 is 0. The summed E-state index contributed by atoms with van der Waals surface area (Å²) in [4.78, 5) is 21.1. The van der Waals surface area contributed by atoms with Crippen LogP contribution in [0.2, 0.25) is 0 Å². The van der Waals surface area contributed by atoms with Crippen LogP contribution in [-0.2, 0) is 4.74 Å². The van der Waals surface area contributed by atoms with Crippen molar-refractivity contribution in [1.82, 2.24) is 19.7 Å². The van der Waals surface area contributed by atoms with Crippen molar-refractivity contribution in [3.8, 4) is 51.1 Å². The third-order valence-electron chi connectivity index (χ3n) is 6.96. The summed E-state index contributed by atoms with van der Waals surface area (Å²) in [6, 6.07) is 31.0. The zero-order valence-electron chi connectivity index (χ0n) is 23.9. The molecular weight excluding hydrogens is 538 g/mol. The first-order valence-corrected chi connectivity index (χ1v) is 13.7. The van der Waals surface area contributed by atoms with Crippen molar-refractivity contribution in [2.45, 2.75) is 20.0 Å². The van der Waals surface area contributed by atoms with Gasteiger partial charge in [-0.2, -0.15) is 10.4 Å². The van der Waals surface area contributed by atoms with Crippen LogP contribution in [0.5, 0.6) is 5.75 Å². The molecule has 6 aromatic rings. The van der Waals surface area contributed by atoms with Crippen molar-refractivity contribution in [2.75, 3.05) is 7.11 Å². The molecule has 0 atom stereocenters. The lowest BCUT2D eigenvalue weighted by Gasteiger charge is -2.12. The second-order valence-corrected chi connectivity index (χ2v) is 10.2. The fourth-order valence-corrected chi connectivity index (χ4v) is 4.92. The lowest BCUT2D eigenvalue weighted by atomic mass is 10.0. The zero-order chi connectivity index (χ0) is 29.9. The van der Waals surface area contributed by atoms with Crippen LogP contribution in [0.15, 0.2) is 103 Å². The van der Waals surface area contributed by atoms with Gasteiger partial charge in [-0.05, 0) is 73.5 Å². The number of benzene rings is 4. The number of aromatic nitrogens is 4. The Hall–Kier alpha value is -5.81. The van der Waals surface area contributed by atoms with E-state index in [0.29, 0.717) is 22.6 Å². The lowest BCUT2D eigenvalue weighted by molar-refractivity contribution is 0.0600. The normalized spacial score (nSPS) is 11.0. The zero-order valence-corrected chi connectivity index (χ0v) is 23.9. The van der Waals surface area contributed by atoms with Crippen molar-refractivity contribution >= 4 is 17.0 Å². The largest absolute Gasteiger partial charge is 0.490 e. The van der Waals surface area contributed by atoms with Crippen molar-refractivity contribution in [3.63, 3.8) is 0 Å². The van der Waals surface area contributed by atoms with Crippen LogP contribution in [0.4, 0.5) is 0 Å². The number of hydrogen-bond acceptors (Lipinski definition) is 7. The van der Waals surface area contributed by atoms with Gasteiger partial charge >= 0.3 is 5.97 Å². The second kappa shape index (κ2) is 11.6. The second-order valence-electron chi connectivity index (χ2n) is 10.2. The fourth-order valence-electron chi connectivity index (χ4n) is 4.92. The van der Waals surface area contributed by atoms with Gasteiger partial charge in [0.1, 0.15) is 11.8 Å². The fraction of sp³-hybridized carbons (Fsp3) is 0.114. The van der Waals surface area contributed by atoms with Gasteiger partial charge < -0.3 is 9.47 Å². The predicted octanol–water partition coefficient (Wildman–Crippen LogP) is 7.26. The number of rotatable bonds is 7. The summed E-state index contributed by atoms with van der Waals surface area (Å²) < 4.78 is 12.5. The van der Waals surface area contributed by atoms with Crippen molar-refractivity contribution < 1.29 is 14.3 Å². The van der Waals surface area contributed by atoms with E-state index in [0.717, 1.165) is 44.7 Å². The van der Waals surface area contributed by atoms with Crippen molar-refractivity contribution in [1.29, 1.82) is 5.26 Å². The topological polar surface area (TPSA) is 103 Å². The van der Waals surface area contributed by atoms with Gasteiger partial charge in [0, 0.05) is 23.5 Å². The number of esters is 1. The summed E-state index contributed by atoms with van der Waals surface area (Å²) in [7, 11) is 1.36. The van der Waals surface area contributed by atoms with Gasteiger partial charge in [-0.3, -0.25) is 9.97 Å². The van der Waals surface area contributed by atoms with Gasteiger partial charge in [-0.15, -0.1) is 0 Å². The van der Waals surface area contributed by atoms with Gasteiger partial charge in [-0.1, -0.05) is 42.5 Å². The van der Waals surface area contributed by atoms with Crippen LogP contribution in [0.1, 0.15) is 29.8 Å². The van der Waals surface area contributed by atoms with Crippen LogP contribution >= 0.6 is 0 Å². The summed E-state index contributed by atoms with van der Waals surface area (Å²) in [5.41, 5.74) is 8.48. The molecule has 0 saturated carbocycles. The molecular formula is C35H27N5O3. The number of carbonyl (C=O) groups excluding carboxylic acids is 1. The Morgan fingerprint density at radius 1 is 0.814 bits per heavy atom. The Kier molecular flexibility index (Phi) is 7.37. The monoisotopic (exact) mass is 565 g/mol. The first-order valence-electron chi connectivity index (χ1n) is 13.7. The molecule has 0 radical (unpaired) electrons. The van der Waals surface area contributed by atoms with Crippen LogP contribution in [0.25, 0.3) is 50.4 Å². The Balaban J connectivity index is 1.41. The van der Waals surface area contributed by atoms with Gasteiger partial charge in [0.2, 0.25) is 0 Å². The molecule has 0 saturated heterocycles. The molecule has 0 aliphatic rings. The number of nitrogens with zero attached hydrogens (tertiary/aromatic N) is 5. The first-order chi connectivity index (χ1) is 20.9. The van der Waals surface area contributed by atoms with Crippen LogP contribution in [-0.4, -0.2) is 38.9 Å². The molecule has 6 rings (SSSR count). The Morgan fingerprint density at radius 3 is 2.28 bits per heavy atom. The summed E-state index contributed by atoms with van der Waals surface area (Å²) in [5, 5.41) is 14.6. The van der Waals surface area contributed by atoms with E-state index in [1.165, 1.54) is 7.11 Å². The lowest BCUT2D eigenvalue weighted by Crippen LogP contribution is -2.06. The molecule has 0 N–H and O–H groups in total. The summed E-state index contributed by atoms with van der Waals surface area (Å²) in [5.74, 6) is 0.155. The highest BCUT2D eigenvalue weighted by atomic mass is 16.5. The molecule has 210 valence electrons. The molecule has 0 aliphatic carbocycles. The maximum absolute atomic E-state index is 12.3. The van der Waals surface area contributed by atoms with E-state index < -0.39 is 5.97 Å². The molecule has 0 fully saturated rings. The van der Waals surface area contributed by atoms with Gasteiger partial charge in [0.25, 0.3) is 0 Å². The first kappa shape index (κ1) is 27.4. The predicted molar refractivity (Wildman–Crippen MR) is 165 cm³/mol. The van der Waals surface area contributed by atoms with Crippen LogP contribution < -0.4 is 4.74 Å². The summed E-state index contributed by atoms with van der Waals surface area (Å²) in [6.07, 6.45) is 3.31. The quantitative estimate of drug-likeness (QED) is 0.188.